The summed E-state index contributed by atoms with van der Waals surface area (Å²) in [6, 6.07) is 18.3. The van der Waals surface area contributed by atoms with Gasteiger partial charge in [0.05, 0.1) is 13.2 Å². The lowest BCUT2D eigenvalue weighted by atomic mass is 10.0. The minimum absolute atomic E-state index is 0.352. The Kier molecular flexibility index (Phi) is 6.40. The normalized spacial score (nSPS) is 17.9. The van der Waals surface area contributed by atoms with E-state index in [2.05, 4.69) is 0 Å². The van der Waals surface area contributed by atoms with Gasteiger partial charge in [0.1, 0.15) is 11.8 Å². The SMILES string of the molecule is COc1cc(C(=O)N2[C@@H](c3ccccc3Cl)CC[C@H]2C(=O)O)ccc1-c1ccc(Cl)cc1. The van der Waals surface area contributed by atoms with E-state index in [1.807, 2.05) is 30.3 Å². The maximum absolute atomic E-state index is 13.6. The van der Waals surface area contributed by atoms with Crippen LogP contribution in [0.4, 0.5) is 0 Å². The summed E-state index contributed by atoms with van der Waals surface area (Å²) in [5, 5.41) is 10.9. The molecule has 1 heterocycles. The van der Waals surface area contributed by atoms with Gasteiger partial charge in [0, 0.05) is 21.2 Å². The van der Waals surface area contributed by atoms with Crippen LogP contribution in [-0.2, 0) is 4.79 Å². The van der Waals surface area contributed by atoms with E-state index in [-0.39, 0.29) is 5.91 Å². The molecule has 0 bridgehead atoms. The van der Waals surface area contributed by atoms with Gasteiger partial charge in [0.25, 0.3) is 5.91 Å². The molecule has 164 valence electrons. The van der Waals surface area contributed by atoms with Crippen LogP contribution in [0.2, 0.25) is 10.0 Å². The van der Waals surface area contributed by atoms with Gasteiger partial charge in [-0.1, -0.05) is 53.5 Å². The molecule has 1 aliphatic heterocycles. The Morgan fingerprint density at radius 3 is 2.38 bits per heavy atom. The molecule has 32 heavy (non-hydrogen) atoms. The first-order valence-corrected chi connectivity index (χ1v) is 10.9. The van der Waals surface area contributed by atoms with Crippen LogP contribution in [0.5, 0.6) is 5.75 Å². The molecule has 1 fully saturated rings. The number of rotatable bonds is 5. The fourth-order valence-corrected chi connectivity index (χ4v) is 4.62. The molecule has 7 heteroatoms. The highest BCUT2D eigenvalue weighted by molar-refractivity contribution is 6.31. The van der Waals surface area contributed by atoms with E-state index in [0.29, 0.717) is 34.2 Å². The number of aliphatic carboxylic acids is 1. The summed E-state index contributed by atoms with van der Waals surface area (Å²) in [7, 11) is 1.53. The van der Waals surface area contributed by atoms with Crippen molar-refractivity contribution in [3.05, 3.63) is 87.9 Å². The van der Waals surface area contributed by atoms with Crippen LogP contribution in [0.15, 0.2) is 66.7 Å². The van der Waals surface area contributed by atoms with E-state index in [0.717, 1.165) is 16.7 Å². The number of amides is 1. The summed E-state index contributed by atoms with van der Waals surface area (Å²) in [6.07, 6.45) is 0.878. The number of methoxy groups -OCH3 is 1. The number of carboxylic acid groups (broad SMARTS) is 1. The highest BCUT2D eigenvalue weighted by atomic mass is 35.5. The molecule has 0 spiro atoms. The lowest BCUT2D eigenvalue weighted by molar-refractivity contribution is -0.141. The minimum Gasteiger partial charge on any atom is -0.496 e. The number of nitrogens with zero attached hydrogens (tertiary/aromatic N) is 1. The number of carboxylic acids is 1. The van der Waals surface area contributed by atoms with Gasteiger partial charge in [-0.15, -0.1) is 0 Å². The van der Waals surface area contributed by atoms with Crippen LogP contribution in [0.3, 0.4) is 0 Å². The van der Waals surface area contributed by atoms with Crippen molar-refractivity contribution in [3.8, 4) is 16.9 Å². The lowest BCUT2D eigenvalue weighted by Gasteiger charge is -2.29. The van der Waals surface area contributed by atoms with Gasteiger partial charge >= 0.3 is 5.97 Å². The molecule has 3 aromatic carbocycles. The van der Waals surface area contributed by atoms with E-state index in [4.69, 9.17) is 27.9 Å². The van der Waals surface area contributed by atoms with Gasteiger partial charge in [0.15, 0.2) is 0 Å². The van der Waals surface area contributed by atoms with Crippen LogP contribution in [0.1, 0.15) is 34.8 Å². The number of carbonyl (C=O) groups excluding carboxylic acids is 1. The first-order valence-electron chi connectivity index (χ1n) is 10.1. The maximum atomic E-state index is 13.6. The van der Waals surface area contributed by atoms with Crippen molar-refractivity contribution < 1.29 is 19.4 Å². The first kappa shape index (κ1) is 22.2. The number of ether oxygens (including phenoxy) is 1. The average Bonchev–Trinajstić information content (AvgIpc) is 3.24. The zero-order valence-electron chi connectivity index (χ0n) is 17.3. The number of hydrogen-bond donors (Lipinski definition) is 1. The molecule has 5 nitrogen and oxygen atoms in total. The highest BCUT2D eigenvalue weighted by Crippen LogP contribution is 2.41. The third kappa shape index (κ3) is 4.18. The fourth-order valence-electron chi connectivity index (χ4n) is 4.23. The van der Waals surface area contributed by atoms with Crippen LogP contribution >= 0.6 is 23.2 Å². The quantitative estimate of drug-likeness (QED) is 0.490. The summed E-state index contributed by atoms with van der Waals surface area (Å²) < 4.78 is 5.55. The Bertz CT molecular complexity index is 1160. The zero-order valence-corrected chi connectivity index (χ0v) is 18.8. The van der Waals surface area contributed by atoms with E-state index >= 15 is 0 Å². The van der Waals surface area contributed by atoms with Crippen molar-refractivity contribution in [2.75, 3.05) is 7.11 Å². The van der Waals surface area contributed by atoms with Crippen molar-refractivity contribution in [3.63, 3.8) is 0 Å². The van der Waals surface area contributed by atoms with Crippen LogP contribution < -0.4 is 4.74 Å². The van der Waals surface area contributed by atoms with Crippen molar-refractivity contribution >= 4 is 35.1 Å². The second kappa shape index (κ2) is 9.23. The summed E-state index contributed by atoms with van der Waals surface area (Å²) in [4.78, 5) is 26.9. The number of halogens is 2. The summed E-state index contributed by atoms with van der Waals surface area (Å²) in [6.45, 7) is 0. The van der Waals surface area contributed by atoms with Gasteiger partial charge in [-0.2, -0.15) is 0 Å². The largest absolute Gasteiger partial charge is 0.496 e. The predicted octanol–water partition coefficient (Wildman–Crippen LogP) is 6.10. The standard InChI is InChI=1S/C25H21Cl2NO4/c1-32-23-14-16(8-11-18(23)15-6-9-17(26)10-7-15)24(29)28-21(12-13-22(28)25(30)31)19-4-2-3-5-20(19)27/h2-11,14,21-22H,12-13H2,1H3,(H,30,31)/t21-,22+/m1/s1. The second-order valence-electron chi connectivity index (χ2n) is 7.60. The van der Waals surface area contributed by atoms with Crippen LogP contribution in [0, 0.1) is 0 Å². The maximum Gasteiger partial charge on any atom is 0.326 e. The van der Waals surface area contributed by atoms with Gasteiger partial charge in [-0.25, -0.2) is 4.79 Å². The molecule has 1 amide bonds. The number of hydrogen-bond acceptors (Lipinski definition) is 3. The predicted molar refractivity (Wildman–Crippen MR) is 124 cm³/mol. The Labute approximate surface area is 196 Å². The molecule has 2 atom stereocenters. The average molecular weight is 470 g/mol. The van der Waals surface area contributed by atoms with E-state index < -0.39 is 18.1 Å². The molecule has 4 rings (SSSR count). The van der Waals surface area contributed by atoms with Gasteiger partial charge < -0.3 is 14.7 Å². The molecule has 0 aromatic heterocycles. The molecule has 0 unspecified atom stereocenters. The third-order valence-corrected chi connectivity index (χ3v) is 6.37. The number of benzene rings is 3. The molecular formula is C25H21Cl2NO4. The monoisotopic (exact) mass is 469 g/mol. The Balaban J connectivity index is 1.73. The highest BCUT2D eigenvalue weighted by Gasteiger charge is 2.42. The minimum atomic E-state index is -1.03. The number of carbonyl (C=O) groups is 2. The summed E-state index contributed by atoms with van der Waals surface area (Å²) >= 11 is 12.4. The fraction of sp³-hybridized carbons (Fsp3) is 0.200. The Morgan fingerprint density at radius 2 is 1.72 bits per heavy atom. The molecule has 3 aromatic rings. The summed E-state index contributed by atoms with van der Waals surface area (Å²) in [5.41, 5.74) is 2.80. The zero-order chi connectivity index (χ0) is 22.8. The van der Waals surface area contributed by atoms with Gasteiger partial charge in [-0.05, 0) is 60.4 Å². The van der Waals surface area contributed by atoms with E-state index in [1.165, 1.54) is 12.0 Å². The van der Waals surface area contributed by atoms with Crippen molar-refractivity contribution in [2.24, 2.45) is 0 Å². The Morgan fingerprint density at radius 1 is 1.00 bits per heavy atom. The summed E-state index contributed by atoms with van der Waals surface area (Å²) in [5.74, 6) is -0.892. The molecular weight excluding hydrogens is 449 g/mol. The molecule has 0 radical (unpaired) electrons. The van der Waals surface area contributed by atoms with Gasteiger partial charge in [-0.3, -0.25) is 4.79 Å². The molecule has 0 saturated carbocycles. The Hall–Kier alpha value is -3.02. The van der Waals surface area contributed by atoms with Gasteiger partial charge in [0.2, 0.25) is 0 Å². The molecule has 0 aliphatic carbocycles. The van der Waals surface area contributed by atoms with Crippen molar-refractivity contribution in [1.29, 1.82) is 0 Å². The first-order chi connectivity index (χ1) is 15.4. The van der Waals surface area contributed by atoms with Crippen molar-refractivity contribution in [2.45, 2.75) is 24.9 Å². The smallest absolute Gasteiger partial charge is 0.326 e. The van der Waals surface area contributed by atoms with E-state index in [9.17, 15) is 14.7 Å². The van der Waals surface area contributed by atoms with Crippen molar-refractivity contribution in [1.82, 2.24) is 4.90 Å². The van der Waals surface area contributed by atoms with E-state index in [1.54, 1.807) is 36.4 Å². The van der Waals surface area contributed by atoms with Crippen LogP contribution in [0.25, 0.3) is 11.1 Å². The molecule has 1 aliphatic rings. The lowest BCUT2D eigenvalue weighted by Crippen LogP contribution is -2.41. The topological polar surface area (TPSA) is 66.8 Å². The number of likely N-dealkylation sites (tertiary alicyclic amines) is 1. The molecule has 1 N–H and O–H groups in total. The third-order valence-electron chi connectivity index (χ3n) is 5.77. The van der Waals surface area contributed by atoms with Crippen LogP contribution in [-0.4, -0.2) is 35.0 Å². The second-order valence-corrected chi connectivity index (χ2v) is 8.45. The molecule has 1 saturated heterocycles.